The zero-order valence-corrected chi connectivity index (χ0v) is 6.36. The van der Waals surface area contributed by atoms with Crippen molar-refractivity contribution in [1.82, 2.24) is 0 Å². The fourth-order valence-electron chi connectivity index (χ4n) is 0.971. The summed E-state index contributed by atoms with van der Waals surface area (Å²) in [5, 5.41) is 18.5. The third-order valence-corrected chi connectivity index (χ3v) is 1.69. The maximum Gasteiger partial charge on any atom is 0.186 e. The fraction of sp³-hybridized carbons (Fsp3) is 0.714. The number of hydrogen-bond donors (Lipinski definition) is 2. The molecule has 0 saturated carbocycles. The van der Waals surface area contributed by atoms with Crippen molar-refractivity contribution in [1.29, 1.82) is 0 Å². The maximum atomic E-state index is 9.25. The average Bonchev–Trinajstić information content (AvgIpc) is 2.01. The van der Waals surface area contributed by atoms with Crippen LogP contribution in [0.3, 0.4) is 0 Å². The van der Waals surface area contributed by atoms with Crippen LogP contribution in [0.15, 0.2) is 12.2 Å². The van der Waals surface area contributed by atoms with Gasteiger partial charge in [-0.1, -0.05) is 6.58 Å². The number of ether oxygens (including phenoxy) is 2. The molecule has 0 unspecified atom stereocenters. The van der Waals surface area contributed by atoms with Crippen LogP contribution in [-0.4, -0.2) is 42.4 Å². The molecule has 1 saturated heterocycles. The third-order valence-electron chi connectivity index (χ3n) is 1.69. The summed E-state index contributed by atoms with van der Waals surface area (Å²) >= 11 is 0. The molecule has 4 nitrogen and oxygen atoms in total. The fourth-order valence-corrected chi connectivity index (χ4v) is 0.971. The van der Waals surface area contributed by atoms with Crippen molar-refractivity contribution in [3.05, 3.63) is 12.2 Å². The monoisotopic (exact) mass is 160 g/mol. The van der Waals surface area contributed by atoms with Crippen LogP contribution in [-0.2, 0) is 9.47 Å². The van der Waals surface area contributed by atoms with Crippen molar-refractivity contribution in [2.45, 2.75) is 18.5 Å². The minimum atomic E-state index is -1.03. The Bertz CT molecular complexity index is 157. The van der Waals surface area contributed by atoms with E-state index in [4.69, 9.17) is 9.47 Å². The normalized spacial score (nSPS) is 39.2. The summed E-state index contributed by atoms with van der Waals surface area (Å²) in [5.74, 6) is 0. The quantitative estimate of drug-likeness (QED) is 0.496. The van der Waals surface area contributed by atoms with Crippen molar-refractivity contribution in [2.75, 3.05) is 13.7 Å². The number of rotatable bonds is 1. The number of aliphatic hydroxyl groups excluding tert-OH is 2. The molecule has 4 heteroatoms. The molecule has 64 valence electrons. The summed E-state index contributed by atoms with van der Waals surface area (Å²) in [7, 11) is 1.41. The second-order valence-corrected chi connectivity index (χ2v) is 2.51. The summed E-state index contributed by atoms with van der Waals surface area (Å²) in [5.41, 5.74) is 0.478. The Kier molecular flexibility index (Phi) is 2.62. The van der Waals surface area contributed by atoms with Crippen molar-refractivity contribution >= 4 is 0 Å². The molecule has 1 heterocycles. The van der Waals surface area contributed by atoms with Crippen molar-refractivity contribution in [2.24, 2.45) is 0 Å². The predicted octanol–water partition coefficient (Wildman–Crippen LogP) is -0.733. The summed E-state index contributed by atoms with van der Waals surface area (Å²) in [6, 6.07) is 0. The predicted molar refractivity (Wildman–Crippen MR) is 37.9 cm³/mol. The van der Waals surface area contributed by atoms with Crippen LogP contribution in [0.4, 0.5) is 0 Å². The standard InChI is InChI=1S/C7H12O4/c1-4-3-11-7(10-2)6(9)5(4)8/h5-9H,1,3H2,2H3/t5-,6-,7-/m1/s1. The molecular weight excluding hydrogens is 148 g/mol. The van der Waals surface area contributed by atoms with E-state index in [-0.39, 0.29) is 6.61 Å². The Morgan fingerprint density at radius 1 is 1.64 bits per heavy atom. The van der Waals surface area contributed by atoms with Crippen LogP contribution < -0.4 is 0 Å². The first-order chi connectivity index (χ1) is 5.16. The van der Waals surface area contributed by atoms with Crippen molar-refractivity contribution < 1.29 is 19.7 Å². The molecule has 3 atom stereocenters. The molecule has 1 aliphatic rings. The highest BCUT2D eigenvalue weighted by Gasteiger charge is 2.33. The molecule has 0 aliphatic carbocycles. The molecule has 1 aliphatic heterocycles. The number of hydrogen-bond acceptors (Lipinski definition) is 4. The van der Waals surface area contributed by atoms with Gasteiger partial charge < -0.3 is 19.7 Å². The average molecular weight is 160 g/mol. The summed E-state index contributed by atoms with van der Waals surface area (Å²) in [6.07, 6.45) is -2.70. The van der Waals surface area contributed by atoms with Crippen molar-refractivity contribution in [3.8, 4) is 0 Å². The molecule has 1 rings (SSSR count). The number of aliphatic hydroxyl groups is 2. The van der Waals surface area contributed by atoms with Crippen LogP contribution in [0.2, 0.25) is 0 Å². The second kappa shape index (κ2) is 3.32. The highest BCUT2D eigenvalue weighted by atomic mass is 16.7. The Hall–Kier alpha value is -0.420. The van der Waals surface area contributed by atoms with Gasteiger partial charge in [0.05, 0.1) is 6.61 Å². The van der Waals surface area contributed by atoms with Gasteiger partial charge in [0.2, 0.25) is 0 Å². The van der Waals surface area contributed by atoms with E-state index in [9.17, 15) is 10.2 Å². The minimum absolute atomic E-state index is 0.233. The Morgan fingerprint density at radius 2 is 2.27 bits per heavy atom. The highest BCUT2D eigenvalue weighted by Crippen LogP contribution is 2.18. The largest absolute Gasteiger partial charge is 0.386 e. The van der Waals surface area contributed by atoms with Gasteiger partial charge in [0.15, 0.2) is 6.29 Å². The first-order valence-electron chi connectivity index (χ1n) is 3.35. The van der Waals surface area contributed by atoms with E-state index in [2.05, 4.69) is 6.58 Å². The first-order valence-corrected chi connectivity index (χ1v) is 3.35. The van der Waals surface area contributed by atoms with Crippen LogP contribution in [0.5, 0.6) is 0 Å². The molecule has 0 spiro atoms. The van der Waals surface area contributed by atoms with Gasteiger partial charge in [-0.3, -0.25) is 0 Å². The van der Waals surface area contributed by atoms with Gasteiger partial charge in [0, 0.05) is 7.11 Å². The molecule has 11 heavy (non-hydrogen) atoms. The molecule has 0 amide bonds. The van der Waals surface area contributed by atoms with Gasteiger partial charge in [-0.15, -0.1) is 0 Å². The molecule has 0 aromatic heterocycles. The zero-order valence-electron chi connectivity index (χ0n) is 6.36. The lowest BCUT2D eigenvalue weighted by Gasteiger charge is -2.32. The van der Waals surface area contributed by atoms with E-state index in [0.717, 1.165) is 0 Å². The van der Waals surface area contributed by atoms with Crippen LogP contribution in [0, 0.1) is 0 Å². The lowest BCUT2D eigenvalue weighted by Crippen LogP contribution is -2.46. The smallest absolute Gasteiger partial charge is 0.186 e. The Balaban J connectivity index is 2.59. The topological polar surface area (TPSA) is 58.9 Å². The van der Waals surface area contributed by atoms with Gasteiger partial charge in [-0.05, 0) is 5.57 Å². The lowest BCUT2D eigenvalue weighted by atomic mass is 10.0. The summed E-state index contributed by atoms with van der Waals surface area (Å²) in [6.45, 7) is 3.76. The molecule has 0 radical (unpaired) electrons. The van der Waals surface area contributed by atoms with Gasteiger partial charge in [0.1, 0.15) is 12.2 Å². The van der Waals surface area contributed by atoms with Gasteiger partial charge in [0.25, 0.3) is 0 Å². The number of methoxy groups -OCH3 is 1. The maximum absolute atomic E-state index is 9.25. The van der Waals surface area contributed by atoms with E-state index in [1.54, 1.807) is 0 Å². The van der Waals surface area contributed by atoms with E-state index in [1.165, 1.54) is 7.11 Å². The summed E-state index contributed by atoms with van der Waals surface area (Å²) < 4.78 is 9.74. The van der Waals surface area contributed by atoms with Crippen LogP contribution >= 0.6 is 0 Å². The minimum Gasteiger partial charge on any atom is -0.386 e. The van der Waals surface area contributed by atoms with Crippen LogP contribution in [0.25, 0.3) is 0 Å². The molecule has 1 fully saturated rings. The third kappa shape index (κ3) is 1.59. The summed E-state index contributed by atoms with van der Waals surface area (Å²) in [4.78, 5) is 0. The zero-order chi connectivity index (χ0) is 8.43. The molecule has 0 aromatic rings. The van der Waals surface area contributed by atoms with E-state index < -0.39 is 18.5 Å². The van der Waals surface area contributed by atoms with E-state index >= 15 is 0 Å². The Labute approximate surface area is 65.0 Å². The molecule has 0 aromatic carbocycles. The van der Waals surface area contributed by atoms with E-state index in [1.807, 2.05) is 0 Å². The second-order valence-electron chi connectivity index (χ2n) is 2.51. The molecule has 0 bridgehead atoms. The van der Waals surface area contributed by atoms with Gasteiger partial charge >= 0.3 is 0 Å². The van der Waals surface area contributed by atoms with Gasteiger partial charge in [-0.2, -0.15) is 0 Å². The van der Waals surface area contributed by atoms with Crippen LogP contribution in [0.1, 0.15) is 0 Å². The SMILES string of the molecule is C=C1CO[C@@H](OC)[C@H](O)[C@@H]1O. The first kappa shape index (κ1) is 8.67. The Morgan fingerprint density at radius 3 is 2.82 bits per heavy atom. The lowest BCUT2D eigenvalue weighted by molar-refractivity contribution is -0.214. The van der Waals surface area contributed by atoms with Gasteiger partial charge in [-0.25, -0.2) is 0 Å². The molecule has 2 N–H and O–H groups in total. The highest BCUT2D eigenvalue weighted by molar-refractivity contribution is 5.08. The van der Waals surface area contributed by atoms with Crippen molar-refractivity contribution in [3.63, 3.8) is 0 Å². The van der Waals surface area contributed by atoms with E-state index in [0.29, 0.717) is 5.57 Å². The molecular formula is C7H12O4.